The van der Waals surface area contributed by atoms with Crippen molar-refractivity contribution >= 4 is 11.6 Å². The van der Waals surface area contributed by atoms with Crippen LogP contribution in [0.4, 0.5) is 0 Å². The number of hydrogen-bond acceptors (Lipinski definition) is 3. The zero-order valence-corrected chi connectivity index (χ0v) is 10.8. The van der Waals surface area contributed by atoms with Crippen molar-refractivity contribution in [3.05, 3.63) is 30.2 Å². The van der Waals surface area contributed by atoms with Gasteiger partial charge in [0.1, 0.15) is 0 Å². The van der Waals surface area contributed by atoms with E-state index in [4.69, 9.17) is 5.73 Å². The molecule has 0 saturated heterocycles. The Bertz CT molecular complexity index is 582. The van der Waals surface area contributed by atoms with Crippen molar-refractivity contribution in [1.29, 1.82) is 0 Å². The highest BCUT2D eigenvalue weighted by atomic mass is 15.3. The van der Waals surface area contributed by atoms with Crippen LogP contribution in [0, 0.1) is 0 Å². The topological polar surface area (TPSA) is 80.6 Å². The zero-order valence-electron chi connectivity index (χ0n) is 10.8. The quantitative estimate of drug-likeness (QED) is 0.637. The minimum absolute atomic E-state index is 0.492. The van der Waals surface area contributed by atoms with E-state index in [1.165, 1.54) is 25.7 Å². The molecule has 0 spiro atoms. The number of aromatic nitrogens is 3. The van der Waals surface area contributed by atoms with Gasteiger partial charge in [-0.1, -0.05) is 12.8 Å². The smallest absolute Gasteiger partial charge is 0.189 e. The Kier molecular flexibility index (Phi) is 3.31. The Hall–Kier alpha value is -2.11. The zero-order chi connectivity index (χ0) is 13.1. The Morgan fingerprint density at radius 1 is 1.37 bits per heavy atom. The highest BCUT2D eigenvalue weighted by molar-refractivity contribution is 5.78. The van der Waals surface area contributed by atoms with E-state index >= 15 is 0 Å². The van der Waals surface area contributed by atoms with Gasteiger partial charge in [-0.25, -0.2) is 14.5 Å². The predicted octanol–water partition coefficient (Wildman–Crippen LogP) is 1.08. The fourth-order valence-corrected chi connectivity index (χ4v) is 2.50. The standard InChI is InChI=1S/C13H18N6/c14-13(18-10-3-1-2-4-10)16-9-11-5-7-15-12-6-8-17-19(11)12/h5-8,10H,1-4,9H2,(H3,14,16,18). The van der Waals surface area contributed by atoms with Gasteiger partial charge in [-0.05, 0) is 18.9 Å². The normalized spacial score (nSPS) is 17.2. The van der Waals surface area contributed by atoms with E-state index in [-0.39, 0.29) is 0 Å². The third-order valence-corrected chi connectivity index (χ3v) is 3.49. The van der Waals surface area contributed by atoms with Crippen LogP contribution in [-0.2, 0) is 6.54 Å². The second-order valence-corrected chi connectivity index (χ2v) is 4.86. The van der Waals surface area contributed by atoms with Crippen LogP contribution in [-0.4, -0.2) is 26.6 Å². The maximum atomic E-state index is 5.91. The van der Waals surface area contributed by atoms with Crippen molar-refractivity contribution in [2.45, 2.75) is 38.3 Å². The van der Waals surface area contributed by atoms with Gasteiger partial charge in [0, 0.05) is 18.3 Å². The lowest BCUT2D eigenvalue weighted by atomic mass is 10.2. The van der Waals surface area contributed by atoms with Crippen LogP contribution >= 0.6 is 0 Å². The maximum Gasteiger partial charge on any atom is 0.189 e. The maximum absolute atomic E-state index is 5.91. The van der Waals surface area contributed by atoms with Crippen molar-refractivity contribution in [1.82, 2.24) is 19.9 Å². The minimum atomic E-state index is 0.492. The number of nitrogens with zero attached hydrogens (tertiary/aromatic N) is 4. The first-order valence-corrected chi connectivity index (χ1v) is 6.67. The number of rotatable bonds is 3. The third kappa shape index (κ3) is 2.67. The summed E-state index contributed by atoms with van der Waals surface area (Å²) in [6.07, 6.45) is 8.44. The van der Waals surface area contributed by atoms with E-state index in [0.717, 1.165) is 11.3 Å². The average molecular weight is 258 g/mol. The molecule has 0 radical (unpaired) electrons. The monoisotopic (exact) mass is 258 g/mol. The van der Waals surface area contributed by atoms with E-state index in [9.17, 15) is 0 Å². The SMILES string of the molecule is NC(=NCc1ccnc2ccnn12)NC1CCCC1. The molecule has 3 rings (SSSR count). The van der Waals surface area contributed by atoms with Crippen molar-refractivity contribution < 1.29 is 0 Å². The van der Waals surface area contributed by atoms with E-state index in [1.54, 1.807) is 16.9 Å². The lowest BCUT2D eigenvalue weighted by molar-refractivity contribution is 0.624. The van der Waals surface area contributed by atoms with Crippen LogP contribution in [0.15, 0.2) is 29.5 Å². The van der Waals surface area contributed by atoms with Crippen molar-refractivity contribution in [2.24, 2.45) is 10.7 Å². The van der Waals surface area contributed by atoms with Gasteiger partial charge in [-0.15, -0.1) is 0 Å². The molecule has 0 aromatic carbocycles. The van der Waals surface area contributed by atoms with Crippen LogP contribution in [0.25, 0.3) is 5.65 Å². The molecule has 0 atom stereocenters. The molecule has 0 unspecified atom stereocenters. The van der Waals surface area contributed by atoms with Crippen molar-refractivity contribution in [3.63, 3.8) is 0 Å². The summed E-state index contributed by atoms with van der Waals surface area (Å²) in [6, 6.07) is 4.27. The number of guanidine groups is 1. The molecule has 0 bridgehead atoms. The highest BCUT2D eigenvalue weighted by Gasteiger charge is 2.14. The first-order valence-electron chi connectivity index (χ1n) is 6.67. The van der Waals surface area contributed by atoms with Crippen LogP contribution < -0.4 is 11.1 Å². The Morgan fingerprint density at radius 2 is 2.21 bits per heavy atom. The second-order valence-electron chi connectivity index (χ2n) is 4.86. The molecule has 6 heteroatoms. The summed E-state index contributed by atoms with van der Waals surface area (Å²) < 4.78 is 1.78. The lowest BCUT2D eigenvalue weighted by Crippen LogP contribution is -2.38. The third-order valence-electron chi connectivity index (χ3n) is 3.49. The molecule has 1 aliphatic carbocycles. The molecule has 2 heterocycles. The van der Waals surface area contributed by atoms with Crippen molar-refractivity contribution in [3.8, 4) is 0 Å². The van der Waals surface area contributed by atoms with Crippen LogP contribution in [0.2, 0.25) is 0 Å². The minimum Gasteiger partial charge on any atom is -0.370 e. The van der Waals surface area contributed by atoms with E-state index in [0.29, 0.717) is 18.5 Å². The van der Waals surface area contributed by atoms with Gasteiger partial charge in [0.2, 0.25) is 0 Å². The van der Waals surface area contributed by atoms with Gasteiger partial charge in [0.15, 0.2) is 11.6 Å². The van der Waals surface area contributed by atoms with Gasteiger partial charge >= 0.3 is 0 Å². The molecule has 1 aliphatic rings. The fraction of sp³-hybridized carbons (Fsp3) is 0.462. The molecular formula is C13H18N6. The van der Waals surface area contributed by atoms with Gasteiger partial charge < -0.3 is 11.1 Å². The van der Waals surface area contributed by atoms with E-state index < -0.39 is 0 Å². The molecule has 0 amide bonds. The van der Waals surface area contributed by atoms with Gasteiger partial charge in [0.25, 0.3) is 0 Å². The summed E-state index contributed by atoms with van der Waals surface area (Å²) in [4.78, 5) is 8.60. The summed E-state index contributed by atoms with van der Waals surface area (Å²) >= 11 is 0. The van der Waals surface area contributed by atoms with Gasteiger partial charge in [-0.3, -0.25) is 0 Å². The highest BCUT2D eigenvalue weighted by Crippen LogP contribution is 2.17. The van der Waals surface area contributed by atoms with Gasteiger partial charge in [-0.2, -0.15) is 5.10 Å². The molecule has 0 aliphatic heterocycles. The number of nitrogens with one attached hydrogen (secondary N) is 1. The van der Waals surface area contributed by atoms with Crippen LogP contribution in [0.3, 0.4) is 0 Å². The summed E-state index contributed by atoms with van der Waals surface area (Å²) in [5.74, 6) is 0.518. The second kappa shape index (κ2) is 5.26. The summed E-state index contributed by atoms with van der Waals surface area (Å²) in [5.41, 5.74) is 7.72. The van der Waals surface area contributed by atoms with Crippen molar-refractivity contribution in [2.75, 3.05) is 0 Å². The summed E-state index contributed by atoms with van der Waals surface area (Å²) in [5, 5.41) is 7.50. The lowest BCUT2D eigenvalue weighted by Gasteiger charge is -2.12. The molecule has 19 heavy (non-hydrogen) atoms. The van der Waals surface area contributed by atoms with Crippen LogP contribution in [0.1, 0.15) is 31.4 Å². The average Bonchev–Trinajstić information content (AvgIpc) is 3.06. The largest absolute Gasteiger partial charge is 0.370 e. The molecular weight excluding hydrogens is 240 g/mol. The number of fused-ring (bicyclic) bond motifs is 1. The summed E-state index contributed by atoms with van der Waals surface area (Å²) in [7, 11) is 0. The predicted molar refractivity (Wildman–Crippen MR) is 73.7 cm³/mol. The first-order chi connectivity index (χ1) is 9.33. The molecule has 2 aromatic heterocycles. The fourth-order valence-electron chi connectivity index (χ4n) is 2.50. The van der Waals surface area contributed by atoms with Gasteiger partial charge in [0.05, 0.1) is 18.4 Å². The molecule has 1 saturated carbocycles. The Balaban J connectivity index is 1.68. The number of hydrogen-bond donors (Lipinski definition) is 2. The number of aliphatic imine (C=N–C) groups is 1. The Labute approximate surface area is 111 Å². The molecule has 6 nitrogen and oxygen atoms in total. The molecule has 1 fully saturated rings. The van der Waals surface area contributed by atoms with Crippen LogP contribution in [0.5, 0.6) is 0 Å². The van der Waals surface area contributed by atoms with E-state index in [2.05, 4.69) is 20.4 Å². The summed E-state index contributed by atoms with van der Waals surface area (Å²) in [6.45, 7) is 0.506. The Morgan fingerprint density at radius 3 is 3.05 bits per heavy atom. The number of nitrogens with two attached hydrogens (primary N) is 1. The molecule has 100 valence electrons. The molecule has 3 N–H and O–H groups in total. The van der Waals surface area contributed by atoms with E-state index in [1.807, 2.05) is 12.1 Å². The molecule has 2 aromatic rings. The first kappa shape index (κ1) is 12.0.